The van der Waals surface area contributed by atoms with Crippen molar-refractivity contribution in [1.82, 2.24) is 19.1 Å². The van der Waals surface area contributed by atoms with E-state index in [9.17, 15) is 14.4 Å². The number of carbonyl (C=O) groups excluding carboxylic acids is 1. The molecule has 2 heterocycles. The van der Waals surface area contributed by atoms with Gasteiger partial charge in [-0.05, 0) is 41.8 Å². The number of amides is 1. The Kier molecular flexibility index (Phi) is 6.30. The number of hydrogen-bond donors (Lipinski definition) is 1. The fraction of sp³-hybridized carbons (Fsp3) is 0.208. The molecule has 9 heteroatoms. The van der Waals surface area contributed by atoms with Gasteiger partial charge in [0.2, 0.25) is 5.91 Å². The number of carbonyl (C=O) groups is 1. The van der Waals surface area contributed by atoms with Gasteiger partial charge in [0.1, 0.15) is 12.3 Å². The molecule has 168 valence electrons. The molecule has 1 amide bonds. The second kappa shape index (κ2) is 9.47. The largest absolute Gasteiger partial charge is 0.497 e. The number of ether oxygens (including phenoxy) is 1. The Hall–Kier alpha value is -4.27. The number of methoxy groups -OCH3 is 1. The van der Waals surface area contributed by atoms with Crippen LogP contribution >= 0.6 is 0 Å². The van der Waals surface area contributed by atoms with Crippen molar-refractivity contribution in [2.45, 2.75) is 26.4 Å². The standard InChI is InChI=1S/C24H23N5O4/c1-3-16-5-4-6-18(13-16)27-20(30)15-28-22-21(25-11-12-26-22)23(31)29(24(28)32)14-17-7-9-19(33-2)10-8-17/h4-13H,3,14-15H2,1-2H3,(H,27,30). The second-order valence-electron chi connectivity index (χ2n) is 7.44. The maximum atomic E-state index is 13.3. The first-order chi connectivity index (χ1) is 16.0. The first-order valence-corrected chi connectivity index (χ1v) is 10.5. The van der Waals surface area contributed by atoms with Gasteiger partial charge in [0.25, 0.3) is 5.56 Å². The summed E-state index contributed by atoms with van der Waals surface area (Å²) in [6, 6.07) is 14.5. The van der Waals surface area contributed by atoms with E-state index in [2.05, 4.69) is 15.3 Å². The average Bonchev–Trinajstić information content (AvgIpc) is 2.85. The van der Waals surface area contributed by atoms with E-state index < -0.39 is 17.2 Å². The van der Waals surface area contributed by atoms with Crippen molar-refractivity contribution < 1.29 is 9.53 Å². The van der Waals surface area contributed by atoms with Crippen molar-refractivity contribution in [2.75, 3.05) is 12.4 Å². The predicted octanol–water partition coefficient (Wildman–Crippen LogP) is 2.21. The van der Waals surface area contributed by atoms with Crippen LogP contribution in [0.5, 0.6) is 5.75 Å². The van der Waals surface area contributed by atoms with Gasteiger partial charge in [0.15, 0.2) is 11.2 Å². The predicted molar refractivity (Wildman–Crippen MR) is 125 cm³/mol. The molecular weight excluding hydrogens is 422 g/mol. The van der Waals surface area contributed by atoms with Gasteiger partial charge in [-0.15, -0.1) is 0 Å². The summed E-state index contributed by atoms with van der Waals surface area (Å²) in [7, 11) is 1.56. The summed E-state index contributed by atoms with van der Waals surface area (Å²) in [6.45, 7) is 1.74. The monoisotopic (exact) mass is 445 g/mol. The highest BCUT2D eigenvalue weighted by Crippen LogP contribution is 2.13. The molecule has 0 spiro atoms. The molecule has 0 aliphatic carbocycles. The van der Waals surface area contributed by atoms with Gasteiger partial charge < -0.3 is 10.1 Å². The minimum absolute atomic E-state index is 0.0198. The first kappa shape index (κ1) is 21.9. The van der Waals surface area contributed by atoms with Crippen LogP contribution in [0.25, 0.3) is 11.2 Å². The summed E-state index contributed by atoms with van der Waals surface area (Å²) in [4.78, 5) is 47.3. The lowest BCUT2D eigenvalue weighted by atomic mass is 10.1. The molecule has 0 atom stereocenters. The molecule has 0 bridgehead atoms. The molecule has 0 unspecified atom stereocenters. The number of anilines is 1. The number of rotatable bonds is 7. The highest BCUT2D eigenvalue weighted by Gasteiger charge is 2.17. The van der Waals surface area contributed by atoms with E-state index in [1.54, 1.807) is 37.4 Å². The third-order valence-corrected chi connectivity index (χ3v) is 5.26. The van der Waals surface area contributed by atoms with E-state index in [0.717, 1.165) is 22.1 Å². The third kappa shape index (κ3) is 4.67. The van der Waals surface area contributed by atoms with Gasteiger partial charge in [0.05, 0.1) is 13.7 Å². The number of benzene rings is 2. The van der Waals surface area contributed by atoms with Gasteiger partial charge in [0, 0.05) is 18.1 Å². The molecule has 0 radical (unpaired) electrons. The van der Waals surface area contributed by atoms with E-state index >= 15 is 0 Å². The Balaban J connectivity index is 1.71. The van der Waals surface area contributed by atoms with E-state index in [1.807, 2.05) is 25.1 Å². The van der Waals surface area contributed by atoms with Gasteiger partial charge in [-0.25, -0.2) is 14.8 Å². The van der Waals surface area contributed by atoms with E-state index in [1.165, 1.54) is 17.0 Å². The second-order valence-corrected chi connectivity index (χ2v) is 7.44. The summed E-state index contributed by atoms with van der Waals surface area (Å²) in [5.74, 6) is 0.253. The Morgan fingerprint density at radius 3 is 2.48 bits per heavy atom. The average molecular weight is 445 g/mol. The molecule has 4 aromatic rings. The number of fused-ring (bicyclic) bond motifs is 1. The summed E-state index contributed by atoms with van der Waals surface area (Å²) in [6.07, 6.45) is 3.60. The maximum Gasteiger partial charge on any atom is 0.333 e. The van der Waals surface area contributed by atoms with Crippen LogP contribution in [0.3, 0.4) is 0 Å². The van der Waals surface area contributed by atoms with Gasteiger partial charge in [-0.1, -0.05) is 31.2 Å². The summed E-state index contributed by atoms with van der Waals surface area (Å²) in [5, 5.41) is 2.81. The van der Waals surface area contributed by atoms with Gasteiger partial charge in [-0.2, -0.15) is 0 Å². The SMILES string of the molecule is CCc1cccc(NC(=O)Cn2c(=O)n(Cc3ccc(OC)cc3)c(=O)c3nccnc32)c1. The quantitative estimate of drug-likeness (QED) is 0.467. The zero-order valence-electron chi connectivity index (χ0n) is 18.3. The summed E-state index contributed by atoms with van der Waals surface area (Å²) >= 11 is 0. The zero-order chi connectivity index (χ0) is 23.4. The Labute approximate surface area is 189 Å². The number of aromatic nitrogens is 4. The fourth-order valence-corrected chi connectivity index (χ4v) is 3.54. The lowest BCUT2D eigenvalue weighted by Crippen LogP contribution is -2.42. The van der Waals surface area contributed by atoms with Crippen LogP contribution < -0.4 is 21.3 Å². The smallest absolute Gasteiger partial charge is 0.333 e. The summed E-state index contributed by atoms with van der Waals surface area (Å²) in [5.41, 5.74) is 1.32. The van der Waals surface area contributed by atoms with Gasteiger partial charge >= 0.3 is 5.69 Å². The maximum absolute atomic E-state index is 13.3. The van der Waals surface area contributed by atoms with Crippen molar-refractivity contribution in [3.05, 3.63) is 92.9 Å². The van der Waals surface area contributed by atoms with Crippen LogP contribution in [0.4, 0.5) is 5.69 Å². The zero-order valence-corrected chi connectivity index (χ0v) is 18.3. The molecule has 0 saturated heterocycles. The number of nitrogens with one attached hydrogen (secondary N) is 1. The molecule has 2 aromatic heterocycles. The molecule has 4 rings (SSSR count). The molecule has 33 heavy (non-hydrogen) atoms. The van der Waals surface area contributed by atoms with E-state index in [0.29, 0.717) is 11.4 Å². The molecule has 0 saturated carbocycles. The van der Waals surface area contributed by atoms with Crippen LogP contribution in [-0.4, -0.2) is 32.1 Å². The van der Waals surface area contributed by atoms with Crippen molar-refractivity contribution in [3.8, 4) is 5.75 Å². The van der Waals surface area contributed by atoms with Crippen LogP contribution in [0, 0.1) is 0 Å². The Morgan fingerprint density at radius 1 is 1.00 bits per heavy atom. The van der Waals surface area contributed by atoms with E-state index in [-0.39, 0.29) is 24.3 Å². The minimum atomic E-state index is -0.638. The lowest BCUT2D eigenvalue weighted by molar-refractivity contribution is -0.116. The topological polar surface area (TPSA) is 108 Å². The van der Waals surface area contributed by atoms with Crippen LogP contribution in [-0.2, 0) is 24.3 Å². The van der Waals surface area contributed by atoms with Crippen LogP contribution in [0.2, 0.25) is 0 Å². The fourth-order valence-electron chi connectivity index (χ4n) is 3.54. The number of nitrogens with zero attached hydrogens (tertiary/aromatic N) is 4. The molecule has 0 aliphatic rings. The minimum Gasteiger partial charge on any atom is -0.497 e. The molecule has 0 aliphatic heterocycles. The third-order valence-electron chi connectivity index (χ3n) is 5.26. The van der Waals surface area contributed by atoms with Crippen molar-refractivity contribution in [3.63, 3.8) is 0 Å². The van der Waals surface area contributed by atoms with Crippen molar-refractivity contribution in [1.29, 1.82) is 0 Å². The Morgan fingerprint density at radius 2 is 1.76 bits per heavy atom. The molecule has 1 N–H and O–H groups in total. The van der Waals surface area contributed by atoms with Crippen molar-refractivity contribution >= 4 is 22.8 Å². The van der Waals surface area contributed by atoms with Crippen LogP contribution in [0.15, 0.2) is 70.5 Å². The van der Waals surface area contributed by atoms with Gasteiger partial charge in [-0.3, -0.25) is 18.7 Å². The lowest BCUT2D eigenvalue weighted by Gasteiger charge is -2.13. The molecule has 0 fully saturated rings. The van der Waals surface area contributed by atoms with Crippen LogP contribution in [0.1, 0.15) is 18.1 Å². The first-order valence-electron chi connectivity index (χ1n) is 10.5. The molecule has 2 aromatic carbocycles. The van der Waals surface area contributed by atoms with E-state index in [4.69, 9.17) is 4.74 Å². The van der Waals surface area contributed by atoms with Crippen molar-refractivity contribution in [2.24, 2.45) is 0 Å². The highest BCUT2D eigenvalue weighted by atomic mass is 16.5. The number of aryl methyl sites for hydroxylation is 1. The number of hydrogen-bond acceptors (Lipinski definition) is 6. The molecular formula is C24H23N5O4. The normalized spacial score (nSPS) is 10.8. The molecule has 9 nitrogen and oxygen atoms in total. The highest BCUT2D eigenvalue weighted by molar-refractivity contribution is 5.91. The Bertz CT molecular complexity index is 1420. The summed E-state index contributed by atoms with van der Waals surface area (Å²) < 4.78 is 7.39.